The van der Waals surface area contributed by atoms with Gasteiger partial charge in [-0.2, -0.15) is 0 Å². The highest BCUT2D eigenvalue weighted by Gasteiger charge is 2.37. The minimum absolute atomic E-state index is 0.125. The van der Waals surface area contributed by atoms with Crippen LogP contribution in [0.5, 0.6) is 0 Å². The number of piperidine rings is 1. The zero-order valence-electron chi connectivity index (χ0n) is 11.4. The maximum Gasteiger partial charge on any atom is 0.326 e. The molecule has 6 nitrogen and oxygen atoms in total. The van der Waals surface area contributed by atoms with Crippen LogP contribution in [0.3, 0.4) is 0 Å². The van der Waals surface area contributed by atoms with Gasteiger partial charge in [-0.1, -0.05) is 0 Å². The van der Waals surface area contributed by atoms with Gasteiger partial charge < -0.3 is 19.6 Å². The van der Waals surface area contributed by atoms with E-state index in [0.29, 0.717) is 32.7 Å². The van der Waals surface area contributed by atoms with E-state index in [-0.39, 0.29) is 12.1 Å². The molecule has 0 aromatic rings. The molecule has 0 aromatic carbocycles. The van der Waals surface area contributed by atoms with Crippen molar-refractivity contribution in [2.45, 2.75) is 44.8 Å². The zero-order chi connectivity index (χ0) is 13.8. The molecule has 0 aliphatic carbocycles. The van der Waals surface area contributed by atoms with Gasteiger partial charge in [0.1, 0.15) is 6.04 Å². The van der Waals surface area contributed by atoms with Crippen molar-refractivity contribution in [3.05, 3.63) is 0 Å². The van der Waals surface area contributed by atoms with E-state index in [1.807, 2.05) is 6.92 Å². The number of carboxylic acid groups (broad SMARTS) is 1. The van der Waals surface area contributed by atoms with Gasteiger partial charge >= 0.3 is 12.0 Å². The third-order valence-corrected chi connectivity index (χ3v) is 3.90. The maximum atomic E-state index is 12.3. The van der Waals surface area contributed by atoms with Crippen LogP contribution in [0.2, 0.25) is 0 Å². The van der Waals surface area contributed by atoms with Gasteiger partial charge in [-0.15, -0.1) is 0 Å². The first kappa shape index (κ1) is 14.1. The van der Waals surface area contributed by atoms with E-state index in [9.17, 15) is 9.59 Å². The summed E-state index contributed by atoms with van der Waals surface area (Å²) in [6.45, 7) is 4.55. The Hall–Kier alpha value is -1.30. The molecule has 19 heavy (non-hydrogen) atoms. The topological polar surface area (TPSA) is 70.1 Å². The Morgan fingerprint density at radius 3 is 2.47 bits per heavy atom. The summed E-state index contributed by atoms with van der Waals surface area (Å²) < 4.78 is 5.55. The van der Waals surface area contributed by atoms with E-state index in [1.165, 1.54) is 4.90 Å². The van der Waals surface area contributed by atoms with Gasteiger partial charge in [0, 0.05) is 26.2 Å². The van der Waals surface area contributed by atoms with E-state index in [4.69, 9.17) is 9.84 Å². The van der Waals surface area contributed by atoms with Crippen molar-refractivity contribution >= 4 is 12.0 Å². The second kappa shape index (κ2) is 6.23. The maximum absolute atomic E-state index is 12.3. The van der Waals surface area contributed by atoms with Gasteiger partial charge in [-0.25, -0.2) is 9.59 Å². The molecule has 0 aromatic heterocycles. The lowest BCUT2D eigenvalue weighted by atomic mass is 10.1. The molecule has 2 aliphatic rings. The van der Waals surface area contributed by atoms with Gasteiger partial charge in [-0.3, -0.25) is 0 Å². The van der Waals surface area contributed by atoms with Crippen LogP contribution in [-0.2, 0) is 9.53 Å². The average Bonchev–Trinajstić information content (AvgIpc) is 2.88. The van der Waals surface area contributed by atoms with Crippen molar-refractivity contribution in [3.8, 4) is 0 Å². The smallest absolute Gasteiger partial charge is 0.326 e. The second-order valence-corrected chi connectivity index (χ2v) is 5.11. The number of hydrogen-bond acceptors (Lipinski definition) is 3. The molecule has 1 unspecified atom stereocenters. The summed E-state index contributed by atoms with van der Waals surface area (Å²) in [4.78, 5) is 26.7. The standard InChI is InChI=1S/C13H22N2O4/c1-2-19-10-5-8-14(9-6-10)13(18)15-7-3-4-11(15)12(16)17/h10-11H,2-9H2,1H3,(H,16,17). The first-order valence-corrected chi connectivity index (χ1v) is 7.03. The first-order chi connectivity index (χ1) is 9.13. The number of likely N-dealkylation sites (tertiary alicyclic amines) is 2. The van der Waals surface area contributed by atoms with Crippen LogP contribution in [0, 0.1) is 0 Å². The van der Waals surface area contributed by atoms with Gasteiger partial charge in [0.05, 0.1) is 6.10 Å². The Balaban J connectivity index is 1.89. The lowest BCUT2D eigenvalue weighted by Gasteiger charge is -2.35. The predicted octanol–water partition coefficient (Wildman–Crippen LogP) is 1.16. The monoisotopic (exact) mass is 270 g/mol. The third-order valence-electron chi connectivity index (χ3n) is 3.90. The SMILES string of the molecule is CCOC1CCN(C(=O)N2CCCC2C(=O)O)CC1. The van der Waals surface area contributed by atoms with E-state index < -0.39 is 12.0 Å². The summed E-state index contributed by atoms with van der Waals surface area (Å²) in [7, 11) is 0. The Morgan fingerprint density at radius 1 is 1.21 bits per heavy atom. The summed E-state index contributed by atoms with van der Waals surface area (Å²) >= 11 is 0. The van der Waals surface area contributed by atoms with E-state index in [2.05, 4.69) is 0 Å². The van der Waals surface area contributed by atoms with Gasteiger partial charge in [0.15, 0.2) is 0 Å². The largest absolute Gasteiger partial charge is 0.480 e. The summed E-state index contributed by atoms with van der Waals surface area (Å²) in [5.74, 6) is -0.893. The Kier molecular flexibility index (Phi) is 4.63. The Morgan fingerprint density at radius 2 is 1.89 bits per heavy atom. The molecule has 0 spiro atoms. The fourth-order valence-electron chi connectivity index (χ4n) is 2.88. The fourth-order valence-corrected chi connectivity index (χ4v) is 2.88. The van der Waals surface area contributed by atoms with Crippen LogP contribution in [-0.4, -0.2) is 65.3 Å². The lowest BCUT2D eigenvalue weighted by molar-refractivity contribution is -0.141. The molecule has 108 valence electrons. The van der Waals surface area contributed by atoms with Crippen LogP contribution in [0.4, 0.5) is 4.79 Å². The van der Waals surface area contributed by atoms with Crippen LogP contribution in [0.15, 0.2) is 0 Å². The van der Waals surface area contributed by atoms with E-state index in [0.717, 1.165) is 19.3 Å². The fraction of sp³-hybridized carbons (Fsp3) is 0.846. The molecule has 0 radical (unpaired) electrons. The van der Waals surface area contributed by atoms with Crippen molar-refractivity contribution in [1.29, 1.82) is 0 Å². The highest BCUT2D eigenvalue weighted by Crippen LogP contribution is 2.22. The number of carbonyl (C=O) groups is 2. The molecule has 6 heteroatoms. The van der Waals surface area contributed by atoms with Crippen molar-refractivity contribution in [3.63, 3.8) is 0 Å². The highest BCUT2D eigenvalue weighted by molar-refractivity contribution is 5.83. The number of ether oxygens (including phenoxy) is 1. The third kappa shape index (κ3) is 3.18. The van der Waals surface area contributed by atoms with Gasteiger partial charge in [0.2, 0.25) is 0 Å². The Labute approximate surface area is 113 Å². The van der Waals surface area contributed by atoms with Crippen LogP contribution >= 0.6 is 0 Å². The molecule has 0 bridgehead atoms. The molecule has 2 aliphatic heterocycles. The lowest BCUT2D eigenvalue weighted by Crippen LogP contribution is -2.51. The minimum Gasteiger partial charge on any atom is -0.480 e. The number of nitrogens with zero attached hydrogens (tertiary/aromatic N) is 2. The van der Waals surface area contributed by atoms with Crippen LogP contribution < -0.4 is 0 Å². The minimum atomic E-state index is -0.893. The molecular formula is C13H22N2O4. The summed E-state index contributed by atoms with van der Waals surface area (Å²) in [6.07, 6.45) is 3.26. The highest BCUT2D eigenvalue weighted by atomic mass is 16.5. The predicted molar refractivity (Wildman–Crippen MR) is 69.0 cm³/mol. The van der Waals surface area contributed by atoms with Gasteiger partial charge in [0.25, 0.3) is 0 Å². The van der Waals surface area contributed by atoms with Crippen LogP contribution in [0.1, 0.15) is 32.6 Å². The summed E-state index contributed by atoms with van der Waals surface area (Å²) in [6, 6.07) is -0.767. The number of amides is 2. The number of hydrogen-bond donors (Lipinski definition) is 1. The summed E-state index contributed by atoms with van der Waals surface area (Å²) in [5, 5.41) is 9.11. The van der Waals surface area contributed by atoms with Crippen molar-refractivity contribution in [2.24, 2.45) is 0 Å². The number of carbonyl (C=O) groups excluding carboxylic acids is 1. The molecule has 2 amide bonds. The average molecular weight is 270 g/mol. The molecule has 0 saturated carbocycles. The molecule has 2 heterocycles. The van der Waals surface area contributed by atoms with Crippen LogP contribution in [0.25, 0.3) is 0 Å². The van der Waals surface area contributed by atoms with Gasteiger partial charge in [-0.05, 0) is 32.6 Å². The molecule has 1 N–H and O–H groups in total. The van der Waals surface area contributed by atoms with E-state index >= 15 is 0 Å². The molecular weight excluding hydrogens is 248 g/mol. The number of aliphatic carboxylic acids is 1. The van der Waals surface area contributed by atoms with Crippen molar-refractivity contribution < 1.29 is 19.4 Å². The normalized spacial score (nSPS) is 24.8. The number of carboxylic acids is 1. The zero-order valence-corrected chi connectivity index (χ0v) is 11.4. The van der Waals surface area contributed by atoms with E-state index in [1.54, 1.807) is 4.90 Å². The molecule has 2 rings (SSSR count). The first-order valence-electron chi connectivity index (χ1n) is 7.03. The molecule has 2 fully saturated rings. The quantitative estimate of drug-likeness (QED) is 0.835. The van der Waals surface area contributed by atoms with Crippen molar-refractivity contribution in [2.75, 3.05) is 26.2 Å². The number of rotatable bonds is 3. The second-order valence-electron chi connectivity index (χ2n) is 5.11. The molecule has 1 atom stereocenters. The van der Waals surface area contributed by atoms with Crippen molar-refractivity contribution in [1.82, 2.24) is 9.80 Å². The number of urea groups is 1. The molecule has 2 saturated heterocycles. The Bertz CT molecular complexity index is 340. The summed E-state index contributed by atoms with van der Waals surface area (Å²) in [5.41, 5.74) is 0.